The molecule has 1 atom stereocenters. The van der Waals surface area contributed by atoms with Gasteiger partial charge in [0.25, 0.3) is 0 Å². The van der Waals surface area contributed by atoms with E-state index in [1.807, 2.05) is 18.4 Å². The number of benzene rings is 2. The van der Waals surface area contributed by atoms with Gasteiger partial charge < -0.3 is 20.3 Å². The van der Waals surface area contributed by atoms with Crippen molar-refractivity contribution in [2.45, 2.75) is 26.4 Å². The largest absolute Gasteiger partial charge is 0.378 e. The summed E-state index contributed by atoms with van der Waals surface area (Å²) in [7, 11) is 1.99. The third-order valence-corrected chi connectivity index (χ3v) is 7.67. The maximum atomic E-state index is 5.54. The number of thiophene rings is 1. The van der Waals surface area contributed by atoms with Gasteiger partial charge in [-0.3, -0.25) is 4.98 Å². The number of ether oxygens (including phenoxy) is 1. The molecule has 0 unspecified atom stereocenters. The molecule has 4 aromatic rings. The van der Waals surface area contributed by atoms with Gasteiger partial charge >= 0.3 is 0 Å². The van der Waals surface area contributed by atoms with E-state index in [0.29, 0.717) is 0 Å². The summed E-state index contributed by atoms with van der Waals surface area (Å²) in [4.78, 5) is 9.81. The van der Waals surface area contributed by atoms with E-state index in [2.05, 4.69) is 90.0 Å². The molecule has 6 heteroatoms. The summed E-state index contributed by atoms with van der Waals surface area (Å²) in [5, 5.41) is 8.24. The third kappa shape index (κ3) is 4.80. The highest BCUT2D eigenvalue weighted by molar-refractivity contribution is 7.15. The minimum Gasteiger partial charge on any atom is -0.378 e. The molecule has 0 aliphatic carbocycles. The van der Waals surface area contributed by atoms with E-state index in [0.717, 1.165) is 55.1 Å². The molecule has 5 nitrogen and oxygen atoms in total. The number of nitrogens with one attached hydrogen (secondary N) is 2. The van der Waals surface area contributed by atoms with E-state index < -0.39 is 0 Å². The molecular weight excluding hydrogens is 440 g/mol. The molecule has 1 fully saturated rings. The highest BCUT2D eigenvalue weighted by atomic mass is 32.1. The Balaban J connectivity index is 1.43. The van der Waals surface area contributed by atoms with Crippen molar-refractivity contribution in [3.05, 3.63) is 76.8 Å². The Bertz CT molecular complexity index is 1280. The summed E-state index contributed by atoms with van der Waals surface area (Å²) in [6.07, 6.45) is 0. The van der Waals surface area contributed by atoms with Crippen molar-refractivity contribution < 1.29 is 4.74 Å². The first-order valence-electron chi connectivity index (χ1n) is 12.0. The Hall–Kier alpha value is -2.93. The quantitative estimate of drug-likeness (QED) is 0.345. The van der Waals surface area contributed by atoms with Gasteiger partial charge in [0.15, 0.2) is 0 Å². The molecule has 0 radical (unpaired) electrons. The highest BCUT2D eigenvalue weighted by Gasteiger charge is 2.16. The van der Waals surface area contributed by atoms with Gasteiger partial charge in [0.1, 0.15) is 0 Å². The van der Waals surface area contributed by atoms with Gasteiger partial charge in [0, 0.05) is 51.8 Å². The molecule has 5 rings (SSSR count). The molecule has 0 amide bonds. The first-order chi connectivity index (χ1) is 16.6. The maximum Gasteiger partial charge on any atom is 0.0727 e. The van der Waals surface area contributed by atoms with Gasteiger partial charge in [-0.15, -0.1) is 11.3 Å². The SMILES string of the molecule is CNCc1ccccc1-c1ccc([C@@H](C)Nc2cc(C)nc3ccc(N4CCOCC4)cc23)s1. The first-order valence-corrected chi connectivity index (χ1v) is 12.8. The number of nitrogens with zero attached hydrogens (tertiary/aromatic N) is 2. The number of fused-ring (bicyclic) bond motifs is 1. The second-order valence-corrected chi connectivity index (χ2v) is 9.98. The molecule has 3 heterocycles. The van der Waals surface area contributed by atoms with E-state index in [1.165, 1.54) is 26.6 Å². The topological polar surface area (TPSA) is 49.4 Å². The normalized spacial score (nSPS) is 15.0. The van der Waals surface area contributed by atoms with Crippen LogP contribution in [0.25, 0.3) is 21.3 Å². The van der Waals surface area contributed by atoms with E-state index >= 15 is 0 Å². The Morgan fingerprint density at radius 1 is 1.06 bits per heavy atom. The second-order valence-electron chi connectivity index (χ2n) is 8.87. The third-order valence-electron chi connectivity index (χ3n) is 6.37. The van der Waals surface area contributed by atoms with Crippen molar-refractivity contribution in [1.29, 1.82) is 0 Å². The number of hydrogen-bond donors (Lipinski definition) is 2. The highest BCUT2D eigenvalue weighted by Crippen LogP contribution is 2.36. The van der Waals surface area contributed by atoms with E-state index in [-0.39, 0.29) is 6.04 Å². The molecule has 0 bridgehead atoms. The van der Waals surface area contributed by atoms with Gasteiger partial charge in [-0.05, 0) is 68.4 Å². The Labute approximate surface area is 205 Å². The van der Waals surface area contributed by atoms with Crippen LogP contribution in [0, 0.1) is 6.92 Å². The van der Waals surface area contributed by atoms with Crippen LogP contribution in [0.15, 0.2) is 60.7 Å². The Kier molecular flexibility index (Phi) is 6.81. The predicted molar refractivity (Wildman–Crippen MR) is 144 cm³/mol. The van der Waals surface area contributed by atoms with E-state index in [9.17, 15) is 0 Å². The average Bonchev–Trinajstić information content (AvgIpc) is 3.35. The molecular formula is C28H32N4OS. The van der Waals surface area contributed by atoms with Crippen LogP contribution < -0.4 is 15.5 Å². The number of aryl methyl sites for hydroxylation is 1. The summed E-state index contributed by atoms with van der Waals surface area (Å²) in [6, 6.07) is 22.1. The number of pyridine rings is 1. The molecule has 34 heavy (non-hydrogen) atoms. The van der Waals surface area contributed by atoms with Crippen LogP contribution in [0.4, 0.5) is 11.4 Å². The standard InChI is InChI=1S/C28H32N4OS/c1-19-16-26(24-17-22(8-9-25(24)30-19)32-12-14-33-15-13-32)31-20(2)27-10-11-28(34-27)23-7-5-4-6-21(23)18-29-3/h4-11,16-17,20,29H,12-15,18H2,1-3H3,(H,30,31)/t20-/m1/s1. The van der Waals surface area contributed by atoms with Crippen molar-refractivity contribution >= 4 is 33.6 Å². The Morgan fingerprint density at radius 3 is 2.71 bits per heavy atom. The van der Waals surface area contributed by atoms with Gasteiger partial charge in [-0.25, -0.2) is 0 Å². The lowest BCUT2D eigenvalue weighted by molar-refractivity contribution is 0.122. The molecule has 2 aromatic carbocycles. The fraction of sp³-hybridized carbons (Fsp3) is 0.321. The maximum absolute atomic E-state index is 5.54. The fourth-order valence-electron chi connectivity index (χ4n) is 4.62. The molecule has 176 valence electrons. The van der Waals surface area contributed by atoms with Crippen molar-refractivity contribution in [3.63, 3.8) is 0 Å². The molecule has 0 saturated carbocycles. The number of aromatic nitrogens is 1. The van der Waals surface area contributed by atoms with Crippen molar-refractivity contribution in [1.82, 2.24) is 10.3 Å². The van der Waals surface area contributed by atoms with Gasteiger partial charge in [-0.2, -0.15) is 0 Å². The fourth-order valence-corrected chi connectivity index (χ4v) is 5.69. The minimum absolute atomic E-state index is 0.187. The van der Waals surface area contributed by atoms with Crippen LogP contribution in [0.2, 0.25) is 0 Å². The minimum atomic E-state index is 0.187. The zero-order valence-corrected chi connectivity index (χ0v) is 20.9. The Morgan fingerprint density at radius 2 is 1.88 bits per heavy atom. The summed E-state index contributed by atoms with van der Waals surface area (Å²) in [5.41, 5.74) is 7.05. The lowest BCUT2D eigenvalue weighted by atomic mass is 10.1. The summed E-state index contributed by atoms with van der Waals surface area (Å²) in [6.45, 7) is 8.59. The van der Waals surface area contributed by atoms with Crippen LogP contribution in [0.3, 0.4) is 0 Å². The molecule has 1 aliphatic heterocycles. The average molecular weight is 473 g/mol. The van der Waals surface area contributed by atoms with Gasteiger partial charge in [-0.1, -0.05) is 24.3 Å². The molecule has 1 aliphatic rings. The van der Waals surface area contributed by atoms with E-state index in [1.54, 1.807) is 0 Å². The monoisotopic (exact) mass is 472 g/mol. The zero-order chi connectivity index (χ0) is 23.5. The summed E-state index contributed by atoms with van der Waals surface area (Å²) in [5.74, 6) is 0. The van der Waals surface area contributed by atoms with Crippen LogP contribution in [0.1, 0.15) is 29.1 Å². The zero-order valence-electron chi connectivity index (χ0n) is 20.1. The summed E-state index contributed by atoms with van der Waals surface area (Å²) >= 11 is 1.86. The number of anilines is 2. The van der Waals surface area contributed by atoms with Crippen LogP contribution >= 0.6 is 11.3 Å². The smallest absolute Gasteiger partial charge is 0.0727 e. The van der Waals surface area contributed by atoms with Crippen molar-refractivity contribution in [3.8, 4) is 10.4 Å². The first kappa shape index (κ1) is 22.8. The molecule has 2 aromatic heterocycles. The van der Waals surface area contributed by atoms with Crippen LogP contribution in [0.5, 0.6) is 0 Å². The van der Waals surface area contributed by atoms with Gasteiger partial charge in [0.05, 0.1) is 24.8 Å². The number of hydrogen-bond acceptors (Lipinski definition) is 6. The van der Waals surface area contributed by atoms with Crippen LogP contribution in [-0.2, 0) is 11.3 Å². The predicted octanol–water partition coefficient (Wildman–Crippen LogP) is 6.00. The lowest BCUT2D eigenvalue weighted by Gasteiger charge is -2.29. The lowest BCUT2D eigenvalue weighted by Crippen LogP contribution is -2.36. The molecule has 0 spiro atoms. The van der Waals surface area contributed by atoms with Gasteiger partial charge in [0.2, 0.25) is 0 Å². The molecule has 2 N–H and O–H groups in total. The van der Waals surface area contributed by atoms with Crippen LogP contribution in [-0.4, -0.2) is 38.3 Å². The second kappa shape index (κ2) is 10.1. The molecule has 1 saturated heterocycles. The van der Waals surface area contributed by atoms with Crippen molar-refractivity contribution in [2.24, 2.45) is 0 Å². The van der Waals surface area contributed by atoms with E-state index in [4.69, 9.17) is 9.72 Å². The summed E-state index contributed by atoms with van der Waals surface area (Å²) < 4.78 is 5.54. The number of morpholine rings is 1. The number of rotatable bonds is 7. The van der Waals surface area contributed by atoms with Crippen molar-refractivity contribution in [2.75, 3.05) is 43.6 Å².